The quantitative estimate of drug-likeness (QED) is 0.694. The van der Waals surface area contributed by atoms with Crippen LogP contribution in [0.5, 0.6) is 0 Å². The Kier molecular flexibility index (Phi) is 3.22. The SMILES string of the molecule is Clc1ccsc1CNc1cccc2ccccc12. The van der Waals surface area contributed by atoms with Crippen molar-refractivity contribution in [2.75, 3.05) is 5.32 Å². The summed E-state index contributed by atoms with van der Waals surface area (Å²) in [6.07, 6.45) is 0. The second-order valence-corrected chi connectivity index (χ2v) is 5.48. The number of hydrogen-bond donors (Lipinski definition) is 1. The van der Waals surface area contributed by atoms with Gasteiger partial charge in [-0.2, -0.15) is 0 Å². The molecule has 0 fully saturated rings. The van der Waals surface area contributed by atoms with Crippen molar-refractivity contribution in [1.82, 2.24) is 0 Å². The van der Waals surface area contributed by atoms with E-state index in [2.05, 4.69) is 47.8 Å². The van der Waals surface area contributed by atoms with Gasteiger partial charge in [0.1, 0.15) is 0 Å². The van der Waals surface area contributed by atoms with Crippen molar-refractivity contribution in [2.24, 2.45) is 0 Å². The summed E-state index contributed by atoms with van der Waals surface area (Å²) in [5.41, 5.74) is 1.15. The second-order valence-electron chi connectivity index (χ2n) is 4.07. The Morgan fingerprint density at radius 1 is 1.00 bits per heavy atom. The molecule has 90 valence electrons. The first-order chi connectivity index (χ1) is 8.84. The van der Waals surface area contributed by atoms with Gasteiger partial charge in [0.05, 0.1) is 11.6 Å². The Bertz CT molecular complexity index is 670. The summed E-state index contributed by atoms with van der Waals surface area (Å²) in [4.78, 5) is 1.17. The number of thiophene rings is 1. The highest BCUT2D eigenvalue weighted by molar-refractivity contribution is 7.10. The Hall–Kier alpha value is -1.51. The van der Waals surface area contributed by atoms with Gasteiger partial charge in [-0.1, -0.05) is 48.0 Å². The van der Waals surface area contributed by atoms with E-state index in [4.69, 9.17) is 11.6 Å². The Morgan fingerprint density at radius 2 is 1.83 bits per heavy atom. The van der Waals surface area contributed by atoms with Gasteiger partial charge in [0.2, 0.25) is 0 Å². The zero-order chi connectivity index (χ0) is 12.4. The Balaban J connectivity index is 1.89. The largest absolute Gasteiger partial charge is 0.380 e. The number of hydrogen-bond acceptors (Lipinski definition) is 2. The third-order valence-corrected chi connectivity index (χ3v) is 4.31. The molecule has 0 bridgehead atoms. The minimum absolute atomic E-state index is 0.768. The van der Waals surface area contributed by atoms with Crippen LogP contribution in [0.1, 0.15) is 4.88 Å². The van der Waals surface area contributed by atoms with Gasteiger partial charge < -0.3 is 5.32 Å². The summed E-state index contributed by atoms with van der Waals surface area (Å²) in [6, 6.07) is 16.6. The monoisotopic (exact) mass is 273 g/mol. The van der Waals surface area contributed by atoms with E-state index >= 15 is 0 Å². The molecule has 0 radical (unpaired) electrons. The van der Waals surface area contributed by atoms with Crippen molar-refractivity contribution < 1.29 is 0 Å². The van der Waals surface area contributed by atoms with Crippen LogP contribution in [0.2, 0.25) is 5.02 Å². The van der Waals surface area contributed by atoms with E-state index in [0.29, 0.717) is 0 Å². The fraction of sp³-hybridized carbons (Fsp3) is 0.0667. The van der Waals surface area contributed by atoms with Crippen LogP contribution in [0.4, 0.5) is 5.69 Å². The van der Waals surface area contributed by atoms with Crippen LogP contribution in [0.25, 0.3) is 10.8 Å². The molecule has 3 rings (SSSR count). The molecule has 1 nitrogen and oxygen atoms in total. The molecule has 3 heteroatoms. The predicted octanol–water partition coefficient (Wildman–Crippen LogP) is 5.17. The summed E-state index contributed by atoms with van der Waals surface area (Å²) < 4.78 is 0. The molecule has 3 aromatic rings. The lowest BCUT2D eigenvalue weighted by Crippen LogP contribution is -1.98. The topological polar surface area (TPSA) is 12.0 Å². The third kappa shape index (κ3) is 2.22. The van der Waals surface area contributed by atoms with Crippen molar-refractivity contribution in [2.45, 2.75) is 6.54 Å². The van der Waals surface area contributed by atoms with Gasteiger partial charge in [-0.3, -0.25) is 0 Å². The smallest absolute Gasteiger partial charge is 0.0563 e. The van der Waals surface area contributed by atoms with Crippen molar-refractivity contribution in [3.63, 3.8) is 0 Å². The van der Waals surface area contributed by atoms with Crippen LogP contribution in [-0.4, -0.2) is 0 Å². The molecule has 0 saturated carbocycles. The minimum atomic E-state index is 0.768. The summed E-state index contributed by atoms with van der Waals surface area (Å²) in [5, 5.41) is 8.81. The Labute approximate surface area is 115 Å². The minimum Gasteiger partial charge on any atom is -0.380 e. The van der Waals surface area contributed by atoms with E-state index in [1.807, 2.05) is 11.4 Å². The van der Waals surface area contributed by atoms with Gasteiger partial charge in [-0.25, -0.2) is 0 Å². The van der Waals surface area contributed by atoms with E-state index < -0.39 is 0 Å². The third-order valence-electron chi connectivity index (χ3n) is 2.92. The molecule has 0 amide bonds. The van der Waals surface area contributed by atoms with E-state index in [-0.39, 0.29) is 0 Å². The van der Waals surface area contributed by atoms with Crippen molar-refractivity contribution in [3.05, 3.63) is 63.8 Å². The number of benzene rings is 2. The maximum atomic E-state index is 6.09. The van der Waals surface area contributed by atoms with E-state index in [1.54, 1.807) is 11.3 Å². The lowest BCUT2D eigenvalue weighted by atomic mass is 10.1. The summed E-state index contributed by atoms with van der Waals surface area (Å²) in [5.74, 6) is 0. The lowest BCUT2D eigenvalue weighted by molar-refractivity contribution is 1.20. The van der Waals surface area contributed by atoms with Gasteiger partial charge in [0.25, 0.3) is 0 Å². The fourth-order valence-corrected chi connectivity index (χ4v) is 3.05. The highest BCUT2D eigenvalue weighted by Gasteiger charge is 2.03. The highest BCUT2D eigenvalue weighted by Crippen LogP contribution is 2.26. The number of nitrogens with one attached hydrogen (secondary N) is 1. The molecule has 1 heterocycles. The normalized spacial score (nSPS) is 10.7. The lowest BCUT2D eigenvalue weighted by Gasteiger charge is -2.09. The zero-order valence-electron chi connectivity index (χ0n) is 9.69. The molecule has 18 heavy (non-hydrogen) atoms. The van der Waals surface area contributed by atoms with Gasteiger partial charge in [-0.15, -0.1) is 11.3 Å². The van der Waals surface area contributed by atoms with Gasteiger partial charge in [0, 0.05) is 16.0 Å². The summed E-state index contributed by atoms with van der Waals surface area (Å²) in [6.45, 7) is 0.768. The van der Waals surface area contributed by atoms with E-state index in [1.165, 1.54) is 15.6 Å². The first-order valence-corrected chi connectivity index (χ1v) is 7.04. The van der Waals surface area contributed by atoms with E-state index in [0.717, 1.165) is 17.3 Å². The zero-order valence-corrected chi connectivity index (χ0v) is 11.3. The van der Waals surface area contributed by atoms with Crippen LogP contribution >= 0.6 is 22.9 Å². The predicted molar refractivity (Wildman–Crippen MR) is 80.6 cm³/mol. The molecule has 0 unspecified atom stereocenters. The van der Waals surface area contributed by atoms with Crippen LogP contribution in [0.3, 0.4) is 0 Å². The fourth-order valence-electron chi connectivity index (χ4n) is 2.01. The van der Waals surface area contributed by atoms with Crippen LogP contribution in [-0.2, 0) is 6.54 Å². The standard InChI is InChI=1S/C15H12ClNS/c16-13-8-9-18-15(13)10-17-14-7-3-5-11-4-1-2-6-12(11)14/h1-9,17H,10H2. The molecule has 2 aromatic carbocycles. The maximum Gasteiger partial charge on any atom is 0.0563 e. The van der Waals surface area contributed by atoms with Crippen LogP contribution in [0.15, 0.2) is 53.9 Å². The van der Waals surface area contributed by atoms with Crippen LogP contribution in [0, 0.1) is 0 Å². The molecule has 0 spiro atoms. The highest BCUT2D eigenvalue weighted by atomic mass is 35.5. The maximum absolute atomic E-state index is 6.09. The van der Waals surface area contributed by atoms with Crippen LogP contribution < -0.4 is 5.32 Å². The second kappa shape index (κ2) is 5.01. The van der Waals surface area contributed by atoms with Gasteiger partial charge in [0.15, 0.2) is 0 Å². The number of fused-ring (bicyclic) bond motifs is 1. The molecular weight excluding hydrogens is 262 g/mol. The summed E-state index contributed by atoms with van der Waals surface area (Å²) >= 11 is 7.77. The molecule has 1 aromatic heterocycles. The van der Waals surface area contributed by atoms with Crippen molar-refractivity contribution in [1.29, 1.82) is 0 Å². The summed E-state index contributed by atoms with van der Waals surface area (Å²) in [7, 11) is 0. The van der Waals surface area contributed by atoms with E-state index in [9.17, 15) is 0 Å². The molecule has 1 N–H and O–H groups in total. The number of rotatable bonds is 3. The molecule has 0 atom stereocenters. The number of anilines is 1. The van der Waals surface area contributed by atoms with Crippen molar-refractivity contribution in [3.8, 4) is 0 Å². The molecule has 0 aliphatic rings. The number of halogens is 1. The average Bonchev–Trinajstić information content (AvgIpc) is 2.82. The Morgan fingerprint density at radius 3 is 2.67 bits per heavy atom. The van der Waals surface area contributed by atoms with Gasteiger partial charge >= 0.3 is 0 Å². The molecular formula is C15H12ClNS. The molecule has 0 aliphatic carbocycles. The first kappa shape index (κ1) is 11.6. The van der Waals surface area contributed by atoms with Crippen molar-refractivity contribution >= 4 is 39.4 Å². The first-order valence-electron chi connectivity index (χ1n) is 5.78. The molecule has 0 aliphatic heterocycles. The average molecular weight is 274 g/mol. The van der Waals surface area contributed by atoms with Gasteiger partial charge in [-0.05, 0) is 22.9 Å². The molecule has 0 saturated heterocycles.